The lowest BCUT2D eigenvalue weighted by atomic mass is 10.1. The Morgan fingerprint density at radius 3 is 2.14 bits per heavy atom. The summed E-state index contributed by atoms with van der Waals surface area (Å²) in [5.41, 5.74) is -0.920. The molecule has 6 nitrogen and oxygen atoms in total. The summed E-state index contributed by atoms with van der Waals surface area (Å²) in [7, 11) is 0. The van der Waals surface area contributed by atoms with E-state index < -0.39 is 23.1 Å². The highest BCUT2D eigenvalue weighted by Crippen LogP contribution is 2.30. The van der Waals surface area contributed by atoms with Crippen LogP contribution in [-0.4, -0.2) is 16.8 Å². The van der Waals surface area contributed by atoms with Crippen LogP contribution in [0.1, 0.15) is 22.8 Å². The molecule has 0 radical (unpaired) electrons. The number of rotatable bonds is 3. The number of nitrogens with one attached hydrogen (secondary N) is 3. The van der Waals surface area contributed by atoms with Crippen LogP contribution in [0.25, 0.3) is 10.9 Å². The van der Waals surface area contributed by atoms with Gasteiger partial charge in [0.15, 0.2) is 0 Å². The lowest BCUT2D eigenvalue weighted by Crippen LogP contribution is -2.22. The molecule has 2 amide bonds. The van der Waals surface area contributed by atoms with E-state index in [1.807, 2.05) is 0 Å². The number of carbonyl (C=O) groups excluding carboxylic acids is 2. The second kappa shape index (κ2) is 7.18. The van der Waals surface area contributed by atoms with Crippen molar-refractivity contribution < 1.29 is 22.8 Å². The van der Waals surface area contributed by atoms with Gasteiger partial charge in [0.05, 0.1) is 5.56 Å². The second-order valence-corrected chi connectivity index (χ2v) is 6.00. The quantitative estimate of drug-likeness (QED) is 0.637. The maximum Gasteiger partial charge on any atom is 0.416 e. The zero-order chi connectivity index (χ0) is 20.5. The molecule has 1 aromatic heterocycles. The van der Waals surface area contributed by atoms with Crippen molar-refractivity contribution >= 4 is 34.1 Å². The number of carbonyl (C=O) groups is 2. The molecule has 28 heavy (non-hydrogen) atoms. The number of amides is 2. The molecule has 0 atom stereocenters. The molecule has 2 aromatic carbocycles. The van der Waals surface area contributed by atoms with Gasteiger partial charge in [-0.2, -0.15) is 13.2 Å². The molecule has 0 unspecified atom stereocenters. The molecule has 0 saturated heterocycles. The summed E-state index contributed by atoms with van der Waals surface area (Å²) in [4.78, 5) is 38.4. The zero-order valence-electron chi connectivity index (χ0n) is 14.5. The number of H-pyrrole nitrogens is 1. The van der Waals surface area contributed by atoms with Crippen molar-refractivity contribution in [1.82, 2.24) is 4.98 Å². The molecule has 3 rings (SSSR count). The third kappa shape index (κ3) is 4.03. The Morgan fingerprint density at radius 2 is 1.57 bits per heavy atom. The summed E-state index contributed by atoms with van der Waals surface area (Å²) in [6, 6.07) is 8.86. The molecule has 144 valence electrons. The third-order valence-electron chi connectivity index (χ3n) is 3.92. The molecular weight excluding hydrogens is 375 g/mol. The average Bonchev–Trinajstić information content (AvgIpc) is 2.62. The van der Waals surface area contributed by atoms with Gasteiger partial charge in [0, 0.05) is 35.4 Å². The minimum absolute atomic E-state index is 0.0176. The molecule has 0 aliphatic heterocycles. The first-order valence-corrected chi connectivity index (χ1v) is 8.07. The lowest BCUT2D eigenvalue weighted by Gasteiger charge is -2.09. The van der Waals surface area contributed by atoms with Crippen LogP contribution in [0.5, 0.6) is 0 Å². The highest BCUT2D eigenvalue weighted by atomic mass is 19.4. The summed E-state index contributed by atoms with van der Waals surface area (Å²) in [6.07, 6.45) is -3.46. The number of pyridine rings is 1. The first-order valence-electron chi connectivity index (χ1n) is 8.07. The predicted molar refractivity (Wildman–Crippen MR) is 98.3 cm³/mol. The number of halogens is 3. The summed E-state index contributed by atoms with van der Waals surface area (Å²) in [6.45, 7) is 1.36. The molecule has 0 bridgehead atoms. The molecule has 1 heterocycles. The highest BCUT2D eigenvalue weighted by molar-refractivity contribution is 6.05. The van der Waals surface area contributed by atoms with Crippen molar-refractivity contribution in [3.05, 3.63) is 70.0 Å². The summed E-state index contributed by atoms with van der Waals surface area (Å²) < 4.78 is 38.4. The molecule has 3 aromatic rings. The van der Waals surface area contributed by atoms with Crippen molar-refractivity contribution in [1.29, 1.82) is 0 Å². The van der Waals surface area contributed by atoms with Crippen LogP contribution in [0, 0.1) is 0 Å². The first-order chi connectivity index (χ1) is 13.1. The Kier molecular flexibility index (Phi) is 4.91. The van der Waals surface area contributed by atoms with Gasteiger partial charge in [-0.3, -0.25) is 14.4 Å². The first kappa shape index (κ1) is 19.2. The van der Waals surface area contributed by atoms with Crippen LogP contribution >= 0.6 is 0 Å². The number of hydrogen-bond donors (Lipinski definition) is 3. The molecule has 0 aliphatic carbocycles. The smallest absolute Gasteiger partial charge is 0.360 e. The van der Waals surface area contributed by atoms with Gasteiger partial charge in [0.2, 0.25) is 11.3 Å². The van der Waals surface area contributed by atoms with Gasteiger partial charge in [-0.25, -0.2) is 0 Å². The minimum atomic E-state index is -4.54. The minimum Gasteiger partial charge on any atom is -0.360 e. The average molecular weight is 389 g/mol. The number of anilines is 2. The second-order valence-electron chi connectivity index (χ2n) is 6.00. The van der Waals surface area contributed by atoms with E-state index >= 15 is 0 Å². The Hall–Kier alpha value is -3.62. The molecule has 9 heteroatoms. The van der Waals surface area contributed by atoms with Gasteiger partial charge < -0.3 is 15.6 Å². The van der Waals surface area contributed by atoms with Gasteiger partial charge in [0.25, 0.3) is 5.91 Å². The Balaban J connectivity index is 1.86. The fourth-order valence-corrected chi connectivity index (χ4v) is 2.61. The van der Waals surface area contributed by atoms with E-state index in [0.29, 0.717) is 11.4 Å². The van der Waals surface area contributed by atoms with E-state index in [1.54, 1.807) is 12.1 Å². The molecule has 0 aliphatic rings. The van der Waals surface area contributed by atoms with Gasteiger partial charge >= 0.3 is 6.18 Å². The van der Waals surface area contributed by atoms with Crippen LogP contribution in [0.2, 0.25) is 0 Å². The predicted octanol–water partition coefficient (Wildman–Crippen LogP) is 3.76. The summed E-state index contributed by atoms with van der Waals surface area (Å²) >= 11 is 0. The van der Waals surface area contributed by atoms with Crippen molar-refractivity contribution in [2.24, 2.45) is 0 Å². The molecule has 0 spiro atoms. The van der Waals surface area contributed by atoms with E-state index in [0.717, 1.165) is 24.4 Å². The normalized spacial score (nSPS) is 11.3. The number of aromatic nitrogens is 1. The highest BCUT2D eigenvalue weighted by Gasteiger charge is 2.30. The van der Waals surface area contributed by atoms with Crippen molar-refractivity contribution in [2.75, 3.05) is 10.6 Å². The number of benzene rings is 2. The topological polar surface area (TPSA) is 91.1 Å². The summed E-state index contributed by atoms with van der Waals surface area (Å²) in [5, 5.41) is 5.08. The molecular formula is C19H14F3N3O3. The van der Waals surface area contributed by atoms with E-state index in [2.05, 4.69) is 15.6 Å². The van der Waals surface area contributed by atoms with E-state index in [1.165, 1.54) is 19.1 Å². The van der Waals surface area contributed by atoms with Gasteiger partial charge in [-0.15, -0.1) is 0 Å². The maximum atomic E-state index is 12.8. The van der Waals surface area contributed by atoms with Gasteiger partial charge in [-0.1, -0.05) is 0 Å². The van der Waals surface area contributed by atoms with E-state index in [4.69, 9.17) is 0 Å². The van der Waals surface area contributed by atoms with Crippen LogP contribution in [0.15, 0.2) is 53.5 Å². The van der Waals surface area contributed by atoms with Crippen molar-refractivity contribution in [3.63, 3.8) is 0 Å². The molecule has 0 saturated carbocycles. The van der Waals surface area contributed by atoms with Crippen LogP contribution in [0.3, 0.4) is 0 Å². The Bertz CT molecular complexity index is 1120. The Labute approximate surface area is 156 Å². The summed E-state index contributed by atoms with van der Waals surface area (Å²) in [5.74, 6) is -0.955. The monoisotopic (exact) mass is 389 g/mol. The number of aromatic amines is 1. The van der Waals surface area contributed by atoms with Crippen LogP contribution in [-0.2, 0) is 11.0 Å². The van der Waals surface area contributed by atoms with Crippen LogP contribution < -0.4 is 16.1 Å². The van der Waals surface area contributed by atoms with Crippen molar-refractivity contribution in [2.45, 2.75) is 13.1 Å². The number of alkyl halides is 3. The maximum absolute atomic E-state index is 12.8. The largest absolute Gasteiger partial charge is 0.416 e. The molecule has 3 N–H and O–H groups in total. The third-order valence-corrected chi connectivity index (χ3v) is 3.92. The fourth-order valence-electron chi connectivity index (χ4n) is 2.61. The standard InChI is InChI=1S/C19H14F3N3O3/c1-10(26)24-12-3-5-13(6-4-12)25-18(28)15-9-23-16-8-11(19(20,21)22)2-7-14(16)17(15)27/h2-9H,1H3,(H,23,27)(H,24,26)(H,25,28). The van der Waals surface area contributed by atoms with Crippen molar-refractivity contribution in [3.8, 4) is 0 Å². The SMILES string of the molecule is CC(=O)Nc1ccc(NC(=O)c2c[nH]c3cc(C(F)(F)F)ccc3c2=O)cc1. The van der Waals surface area contributed by atoms with Gasteiger partial charge in [-0.05, 0) is 42.5 Å². The number of hydrogen-bond acceptors (Lipinski definition) is 3. The van der Waals surface area contributed by atoms with Crippen LogP contribution in [0.4, 0.5) is 24.5 Å². The lowest BCUT2D eigenvalue weighted by molar-refractivity contribution is -0.137. The fraction of sp³-hybridized carbons (Fsp3) is 0.105. The van der Waals surface area contributed by atoms with Gasteiger partial charge in [0.1, 0.15) is 5.56 Å². The van der Waals surface area contributed by atoms with E-state index in [9.17, 15) is 27.6 Å². The number of fused-ring (bicyclic) bond motifs is 1. The van der Waals surface area contributed by atoms with E-state index in [-0.39, 0.29) is 22.4 Å². The zero-order valence-corrected chi connectivity index (χ0v) is 14.5. The molecule has 0 fully saturated rings. The Morgan fingerprint density at radius 1 is 0.964 bits per heavy atom.